The van der Waals surface area contributed by atoms with E-state index in [1.54, 1.807) is 99.8 Å². The molecule has 0 aliphatic rings. The Balaban J connectivity index is -0.000000678. The van der Waals surface area contributed by atoms with Crippen molar-refractivity contribution >= 4 is 36.5 Å². The second-order valence-electron chi connectivity index (χ2n) is 36.4. The van der Waals surface area contributed by atoms with Crippen LogP contribution in [-0.4, -0.2) is 145 Å². The molecule has 5 unspecified atom stereocenters. The SMILES string of the molecule is CC(C)(C)N(C=O)N=NNC=O.CC(C)(C)N=NC(C)(C#N)CCC(=O)OCCOC(=O)CCC(C)(C#N)N=NC(C)(C)C.CC(C)(C)N=NC(C)(C#N)CCC(=O)Oc1ccc(C(=O)c2ccccc2)c(O)c1.CC(C)(C)N=NC(C)(C)C#N.CC(C)CC(C)(C#N)N=NC(C)(C)C.COC(C)(C)CC(C)(C#N)N=NC(C)(C)C. The van der Waals surface area contributed by atoms with Crippen LogP contribution in [0.3, 0.4) is 0 Å². The fourth-order valence-electron chi connectivity index (χ4n) is 7.48. The summed E-state index contributed by atoms with van der Waals surface area (Å²) in [4.78, 5) is 68.6. The smallest absolute Gasteiger partial charge is 0.311 e. The average Bonchev–Trinajstić information content (AvgIpc) is 0.827. The van der Waals surface area contributed by atoms with Gasteiger partial charge in [-0.2, -0.15) is 92.9 Å². The van der Waals surface area contributed by atoms with Gasteiger partial charge in [0.1, 0.15) is 24.7 Å². The number of ether oxygens (including phenoxy) is 4. The summed E-state index contributed by atoms with van der Waals surface area (Å²) in [6, 6.07) is 25.3. The van der Waals surface area contributed by atoms with Gasteiger partial charge in [0.2, 0.25) is 12.8 Å². The van der Waals surface area contributed by atoms with Gasteiger partial charge in [0.15, 0.2) is 39.0 Å². The lowest BCUT2D eigenvalue weighted by Crippen LogP contribution is -2.36. The fourth-order valence-corrected chi connectivity index (χ4v) is 7.48. The van der Waals surface area contributed by atoms with Gasteiger partial charge >= 0.3 is 17.9 Å². The molecule has 2 aromatic carbocycles. The predicted molar refractivity (Wildman–Crippen MR) is 438 cm³/mol. The Morgan fingerprint density at radius 2 is 0.817 bits per heavy atom. The number of phenols is 1. The maximum Gasteiger partial charge on any atom is 0.311 e. The topological polar surface area (TPSA) is 491 Å². The number of azo groups is 6. The normalized spacial score (nSPS) is 14.9. The lowest BCUT2D eigenvalue weighted by atomic mass is 9.90. The number of amides is 2. The molecule has 0 bridgehead atoms. The molecule has 0 saturated carbocycles. The molecule has 33 heteroatoms. The lowest BCUT2D eigenvalue weighted by Gasteiger charge is -2.29. The number of ketones is 1. The van der Waals surface area contributed by atoms with Crippen molar-refractivity contribution in [1.29, 1.82) is 31.6 Å². The number of nitriles is 6. The lowest BCUT2D eigenvalue weighted by molar-refractivity contribution is -0.152. The molecule has 0 radical (unpaired) electrons. The van der Waals surface area contributed by atoms with Crippen LogP contribution in [0.5, 0.6) is 11.5 Å². The molecule has 33 nitrogen and oxygen atoms in total. The van der Waals surface area contributed by atoms with Crippen LogP contribution in [0.15, 0.2) is 120 Å². The Morgan fingerprint density at radius 1 is 0.470 bits per heavy atom. The van der Waals surface area contributed by atoms with Gasteiger partial charge in [-0.3, -0.25) is 28.8 Å². The molecule has 0 saturated heterocycles. The standard InChI is InChI=1S/C23H25N3O4.C22H36N6O4.C12H23N3O.C11H21N3.C8H15N3.C6H12N4O2/c1-22(2,3)25-26-23(4,15-24)13-12-20(28)30-17-10-11-18(19(27)14-17)21(29)16-8-6-5-7-9-16;1-19(2,3)25-27-21(7,15-23)11-9-17(29)31-13-14-32-18(30)10-12-22(8,16-24)28-26-20(4,5)6;1-10(2,3)14-15-12(6,9-13)8-11(4,5)16-7;1-9(2)7-11(6,8-12)14-13-10(3,4)5;1-7(2,3)10-11-8(4,5)6-9;1-6(2,3)10(5-12)9-8-7-4-11/h5-11,14,27H,12-13H2,1-4H3;9-14H2,1-8H3;8H2,1-7H3;9H,7H2,1-6H3;1-5H3;4-5H,1-3H3,(H,7,9,11). The largest absolute Gasteiger partial charge is 0.507 e. The summed E-state index contributed by atoms with van der Waals surface area (Å²) in [6.07, 6.45) is 2.56. The molecule has 115 heavy (non-hydrogen) atoms. The zero-order valence-electron chi connectivity index (χ0n) is 74.8. The number of benzene rings is 2. The van der Waals surface area contributed by atoms with Gasteiger partial charge in [-0.15, -0.1) is 0 Å². The number of nitrogens with one attached hydrogen (secondary N) is 1. The van der Waals surface area contributed by atoms with Crippen molar-refractivity contribution in [1.82, 2.24) is 10.4 Å². The van der Waals surface area contributed by atoms with Gasteiger partial charge in [0.25, 0.3) is 0 Å². The first-order chi connectivity index (χ1) is 52.1. The molecule has 0 aliphatic heterocycles. The molecule has 5 atom stereocenters. The molecule has 2 N–H and O–H groups in total. The Morgan fingerprint density at radius 3 is 1.12 bits per heavy atom. The van der Waals surface area contributed by atoms with Gasteiger partial charge in [-0.25, -0.2) is 10.4 Å². The number of hydrogen-bond donors (Lipinski definition) is 2. The van der Waals surface area contributed by atoms with Crippen molar-refractivity contribution in [2.24, 2.45) is 77.7 Å². The Hall–Kier alpha value is -10.6. The summed E-state index contributed by atoms with van der Waals surface area (Å²) in [5.74, 6) is -1.67. The summed E-state index contributed by atoms with van der Waals surface area (Å²) < 4.78 is 20.6. The highest BCUT2D eigenvalue weighted by Crippen LogP contribution is 2.31. The molecule has 636 valence electrons. The third-order valence-corrected chi connectivity index (χ3v) is 13.6. The summed E-state index contributed by atoms with van der Waals surface area (Å²) in [6.45, 7) is 59.5. The van der Waals surface area contributed by atoms with Crippen molar-refractivity contribution in [3.05, 3.63) is 59.7 Å². The minimum atomic E-state index is -1.14. The highest BCUT2D eigenvalue weighted by Gasteiger charge is 2.35. The Labute approximate surface area is 684 Å². The first-order valence-corrected chi connectivity index (χ1v) is 37.5. The van der Waals surface area contributed by atoms with Gasteiger partial charge < -0.3 is 24.1 Å². The quantitative estimate of drug-likeness (QED) is 0.0139. The van der Waals surface area contributed by atoms with Gasteiger partial charge in [0.05, 0.1) is 86.4 Å². The summed E-state index contributed by atoms with van der Waals surface area (Å²) in [7, 11) is 1.64. The number of rotatable bonds is 30. The van der Waals surface area contributed by atoms with E-state index in [1.807, 2.05) is 151 Å². The van der Waals surface area contributed by atoms with Crippen LogP contribution in [0.25, 0.3) is 0 Å². The molecule has 2 aromatic rings. The third kappa shape index (κ3) is 58.8. The zero-order valence-corrected chi connectivity index (χ0v) is 74.8. The van der Waals surface area contributed by atoms with E-state index < -0.39 is 73.3 Å². The van der Waals surface area contributed by atoms with E-state index in [1.165, 1.54) is 18.2 Å². The molecule has 0 aliphatic carbocycles. The van der Waals surface area contributed by atoms with Gasteiger partial charge in [-0.1, -0.05) is 44.2 Å². The fraction of sp³-hybridized carbons (Fsp3) is 0.707. The van der Waals surface area contributed by atoms with Gasteiger partial charge in [0, 0.05) is 44.4 Å². The van der Waals surface area contributed by atoms with Crippen molar-refractivity contribution in [2.75, 3.05) is 20.3 Å². The van der Waals surface area contributed by atoms with E-state index in [0.29, 0.717) is 30.7 Å². The molecule has 0 aromatic heterocycles. The molecule has 0 spiro atoms. The molecule has 0 heterocycles. The minimum Gasteiger partial charge on any atom is -0.507 e. The van der Waals surface area contributed by atoms with Crippen molar-refractivity contribution < 1.29 is 52.8 Å². The van der Waals surface area contributed by atoms with E-state index in [4.69, 9.17) is 29.5 Å². The average molecular weight is 1600 g/mol. The first kappa shape index (κ1) is 111. The Bertz CT molecular complexity index is 3810. The van der Waals surface area contributed by atoms with Crippen LogP contribution in [0.2, 0.25) is 0 Å². The highest BCUT2D eigenvalue weighted by atomic mass is 16.6. The number of phenolic OH excluding ortho intramolecular Hbond substituents is 1. The van der Waals surface area contributed by atoms with Crippen molar-refractivity contribution in [3.63, 3.8) is 0 Å². The number of aromatic hydroxyl groups is 1. The third-order valence-electron chi connectivity index (χ3n) is 13.6. The van der Waals surface area contributed by atoms with Crippen LogP contribution in [-0.2, 0) is 38.2 Å². The summed E-state index contributed by atoms with van der Waals surface area (Å²) in [5.41, 5.74) is -5.73. The summed E-state index contributed by atoms with van der Waals surface area (Å²) >= 11 is 0. The number of hydrogen-bond acceptors (Lipinski definition) is 31. The van der Waals surface area contributed by atoms with E-state index in [-0.39, 0.29) is 96.8 Å². The number of carbonyl (C=O) groups is 6. The zero-order chi connectivity index (χ0) is 90.6. The van der Waals surface area contributed by atoms with Gasteiger partial charge in [-0.05, 0) is 262 Å². The second-order valence-corrected chi connectivity index (χ2v) is 36.4. The molecule has 0 fully saturated rings. The number of carbonyl (C=O) groups excluding carboxylic acids is 6. The van der Waals surface area contributed by atoms with Crippen LogP contribution in [0.1, 0.15) is 289 Å². The highest BCUT2D eigenvalue weighted by molar-refractivity contribution is 6.10. The predicted octanol–water partition coefficient (Wildman–Crippen LogP) is 19.3. The maximum atomic E-state index is 12.5. The molecule has 2 amide bonds. The van der Waals surface area contributed by atoms with E-state index in [0.717, 1.165) is 11.4 Å². The van der Waals surface area contributed by atoms with E-state index in [9.17, 15) is 54.9 Å². The monoisotopic (exact) mass is 1600 g/mol. The van der Waals surface area contributed by atoms with Crippen LogP contribution < -0.4 is 10.2 Å². The van der Waals surface area contributed by atoms with Crippen molar-refractivity contribution in [2.45, 2.75) is 351 Å². The maximum absolute atomic E-state index is 12.5. The van der Waals surface area contributed by atoms with Crippen LogP contribution in [0, 0.1) is 73.9 Å². The van der Waals surface area contributed by atoms with E-state index in [2.05, 4.69) is 122 Å². The minimum absolute atomic E-state index is 0.0134. The molecule has 2 rings (SSSR count). The van der Waals surface area contributed by atoms with E-state index >= 15 is 0 Å². The number of nitrogens with zero attached hydrogens (tertiary/aromatic N) is 21. The number of esters is 3. The summed E-state index contributed by atoms with van der Waals surface area (Å²) in [5, 5.41) is 122. The molecular weight excluding hydrogens is 1470 g/mol. The van der Waals surface area contributed by atoms with Crippen LogP contribution in [0.4, 0.5) is 0 Å². The van der Waals surface area contributed by atoms with Crippen LogP contribution >= 0.6 is 0 Å². The second kappa shape index (κ2) is 49.2. The Kier molecular flexibility index (Phi) is 47.4. The molecular formula is C82H132N22O11. The van der Waals surface area contributed by atoms with Crippen molar-refractivity contribution in [3.8, 4) is 47.9 Å². The first-order valence-electron chi connectivity index (χ1n) is 37.5. The number of methoxy groups -OCH3 is 1.